The van der Waals surface area contributed by atoms with Gasteiger partial charge in [-0.2, -0.15) is 0 Å². The van der Waals surface area contributed by atoms with Crippen LogP contribution in [-0.4, -0.2) is 33.3 Å². The van der Waals surface area contributed by atoms with Gasteiger partial charge in [-0.1, -0.05) is 66.2 Å². The van der Waals surface area contributed by atoms with Crippen molar-refractivity contribution in [2.45, 2.75) is 4.90 Å². The smallest absolute Gasteiger partial charge is 0.340 e. The van der Waals surface area contributed by atoms with Crippen molar-refractivity contribution in [1.82, 2.24) is 0 Å². The maximum Gasteiger partial charge on any atom is 0.340 e. The molecule has 0 aliphatic rings. The van der Waals surface area contributed by atoms with Crippen LogP contribution in [-0.2, 0) is 14.8 Å². The molecule has 0 atom stereocenters. The van der Waals surface area contributed by atoms with Crippen LogP contribution >= 0.6 is 11.6 Å². The van der Waals surface area contributed by atoms with Gasteiger partial charge in [-0.25, -0.2) is 13.2 Å². The molecule has 0 fully saturated rings. The summed E-state index contributed by atoms with van der Waals surface area (Å²) < 4.78 is 32.8. The molecule has 0 radical (unpaired) electrons. The van der Waals surface area contributed by atoms with Gasteiger partial charge >= 0.3 is 5.97 Å². The summed E-state index contributed by atoms with van der Waals surface area (Å²) in [4.78, 5) is 24.6. The molecule has 3 aromatic rings. The molecule has 0 aliphatic heterocycles. The minimum absolute atomic E-state index is 0.0103. The molecule has 0 heterocycles. The summed E-state index contributed by atoms with van der Waals surface area (Å²) in [5.74, 6) is -1.29. The standard InChI is InChI=1S/C24H20ClNO5S/c1-2-15-26(19-11-7-4-8-12-19)32(29,30)20-13-14-22(25)21(16-20)24(28)31-17-23(27)18-9-5-3-6-10-18/h2-14,16H,1,15,17H2. The van der Waals surface area contributed by atoms with Gasteiger partial charge in [0.05, 0.1) is 27.7 Å². The zero-order valence-corrected chi connectivity index (χ0v) is 18.6. The second-order valence-corrected chi connectivity index (χ2v) is 8.94. The highest BCUT2D eigenvalue weighted by Gasteiger charge is 2.26. The second kappa shape index (κ2) is 10.3. The number of para-hydroxylation sites is 1. The minimum atomic E-state index is -4.03. The van der Waals surface area contributed by atoms with E-state index in [0.29, 0.717) is 11.3 Å². The van der Waals surface area contributed by atoms with Crippen molar-refractivity contribution in [3.05, 3.63) is 108 Å². The molecule has 0 amide bonds. The van der Waals surface area contributed by atoms with Crippen molar-refractivity contribution in [2.75, 3.05) is 17.5 Å². The number of rotatable bonds is 9. The number of sulfonamides is 1. The number of hydrogen-bond donors (Lipinski definition) is 0. The second-order valence-electron chi connectivity index (χ2n) is 6.67. The Hall–Kier alpha value is -3.42. The van der Waals surface area contributed by atoms with Crippen LogP contribution in [0.3, 0.4) is 0 Å². The van der Waals surface area contributed by atoms with Gasteiger partial charge in [0.2, 0.25) is 0 Å². The molecule has 3 aromatic carbocycles. The molecule has 6 nitrogen and oxygen atoms in total. The van der Waals surface area contributed by atoms with Crippen LogP contribution in [0.15, 0.2) is 96.4 Å². The van der Waals surface area contributed by atoms with Crippen LogP contribution in [0.4, 0.5) is 5.69 Å². The number of nitrogens with zero attached hydrogens (tertiary/aromatic N) is 1. The van der Waals surface area contributed by atoms with E-state index in [1.807, 2.05) is 0 Å². The number of ether oxygens (including phenoxy) is 1. The first-order valence-corrected chi connectivity index (χ1v) is 11.4. The third-order valence-electron chi connectivity index (χ3n) is 4.51. The number of carbonyl (C=O) groups is 2. The Morgan fingerprint density at radius 2 is 1.59 bits per heavy atom. The van der Waals surface area contributed by atoms with Gasteiger partial charge in [0.15, 0.2) is 12.4 Å². The molecule has 0 bridgehead atoms. The molecular formula is C24H20ClNO5S. The zero-order chi connectivity index (χ0) is 23.1. The van der Waals surface area contributed by atoms with Gasteiger partial charge < -0.3 is 4.74 Å². The van der Waals surface area contributed by atoms with Crippen molar-refractivity contribution < 1.29 is 22.7 Å². The molecule has 32 heavy (non-hydrogen) atoms. The molecular weight excluding hydrogens is 450 g/mol. The van der Waals surface area contributed by atoms with Crippen molar-refractivity contribution in [3.8, 4) is 0 Å². The third-order valence-corrected chi connectivity index (χ3v) is 6.63. The number of benzene rings is 3. The number of halogens is 1. The largest absolute Gasteiger partial charge is 0.454 e. The monoisotopic (exact) mass is 469 g/mol. The molecule has 0 saturated carbocycles. The summed E-state index contributed by atoms with van der Waals surface area (Å²) in [6, 6.07) is 20.6. The topological polar surface area (TPSA) is 80.8 Å². The van der Waals surface area contributed by atoms with Crippen LogP contribution in [0.2, 0.25) is 5.02 Å². The molecule has 0 aliphatic carbocycles. The van der Waals surface area contributed by atoms with E-state index < -0.39 is 22.6 Å². The Bertz CT molecular complexity index is 1230. The molecule has 8 heteroatoms. The number of anilines is 1. The van der Waals surface area contributed by atoms with Crippen LogP contribution in [0.1, 0.15) is 20.7 Å². The Morgan fingerprint density at radius 1 is 0.969 bits per heavy atom. The van der Waals surface area contributed by atoms with Crippen LogP contribution in [0.5, 0.6) is 0 Å². The van der Waals surface area contributed by atoms with E-state index in [1.165, 1.54) is 18.2 Å². The molecule has 0 spiro atoms. The predicted octanol–water partition coefficient (Wildman–Crippen LogP) is 4.76. The van der Waals surface area contributed by atoms with Crippen molar-refractivity contribution in [3.63, 3.8) is 0 Å². The summed E-state index contributed by atoms with van der Waals surface area (Å²) in [6.07, 6.45) is 1.46. The average Bonchev–Trinajstić information content (AvgIpc) is 2.82. The Balaban J connectivity index is 1.86. The van der Waals surface area contributed by atoms with E-state index in [4.69, 9.17) is 16.3 Å². The molecule has 164 valence electrons. The maximum atomic E-state index is 13.3. The zero-order valence-electron chi connectivity index (χ0n) is 17.0. The van der Waals surface area contributed by atoms with Gasteiger partial charge in [-0.15, -0.1) is 6.58 Å². The molecule has 0 unspecified atom stereocenters. The lowest BCUT2D eigenvalue weighted by Gasteiger charge is -2.23. The summed E-state index contributed by atoms with van der Waals surface area (Å²) in [6.45, 7) is 3.16. The SMILES string of the molecule is C=CCN(c1ccccc1)S(=O)(=O)c1ccc(Cl)c(C(=O)OCC(=O)c2ccccc2)c1. The minimum Gasteiger partial charge on any atom is -0.454 e. The number of esters is 1. The first-order valence-electron chi connectivity index (χ1n) is 9.58. The molecule has 0 saturated heterocycles. The fourth-order valence-electron chi connectivity index (χ4n) is 2.92. The van der Waals surface area contributed by atoms with Crippen molar-refractivity contribution in [2.24, 2.45) is 0 Å². The van der Waals surface area contributed by atoms with E-state index in [2.05, 4.69) is 6.58 Å². The summed E-state index contributed by atoms with van der Waals surface area (Å²) in [7, 11) is -4.03. The Morgan fingerprint density at radius 3 is 2.22 bits per heavy atom. The van der Waals surface area contributed by atoms with Gasteiger partial charge in [-0.3, -0.25) is 9.10 Å². The molecule has 0 aromatic heterocycles. The summed E-state index contributed by atoms with van der Waals surface area (Å²) in [5.41, 5.74) is 0.686. The van der Waals surface area contributed by atoms with Gasteiger partial charge in [-0.05, 0) is 30.3 Å². The van der Waals surface area contributed by atoms with Crippen LogP contribution in [0, 0.1) is 0 Å². The Labute approximate surface area is 191 Å². The van der Waals surface area contributed by atoms with Gasteiger partial charge in [0, 0.05) is 5.56 Å². The van der Waals surface area contributed by atoms with E-state index in [0.717, 1.165) is 10.4 Å². The highest BCUT2D eigenvalue weighted by Crippen LogP contribution is 2.27. The molecule has 0 N–H and O–H groups in total. The number of ketones is 1. The quantitative estimate of drug-likeness (QED) is 0.256. The number of carbonyl (C=O) groups excluding carboxylic acids is 2. The first kappa shape index (κ1) is 23.2. The van der Waals surface area contributed by atoms with Gasteiger partial charge in [0.25, 0.3) is 10.0 Å². The summed E-state index contributed by atoms with van der Waals surface area (Å²) >= 11 is 6.12. The molecule has 3 rings (SSSR count). The fourth-order valence-corrected chi connectivity index (χ4v) is 4.58. The van der Waals surface area contributed by atoms with E-state index in [-0.39, 0.29) is 27.8 Å². The fraction of sp³-hybridized carbons (Fsp3) is 0.0833. The lowest BCUT2D eigenvalue weighted by atomic mass is 10.1. The predicted molar refractivity (Wildman–Crippen MR) is 124 cm³/mol. The lowest BCUT2D eigenvalue weighted by Crippen LogP contribution is -2.31. The Kier molecular flexibility index (Phi) is 7.45. The lowest BCUT2D eigenvalue weighted by molar-refractivity contribution is 0.0474. The highest BCUT2D eigenvalue weighted by atomic mass is 35.5. The maximum absolute atomic E-state index is 13.3. The number of hydrogen-bond acceptors (Lipinski definition) is 5. The van der Waals surface area contributed by atoms with Crippen molar-refractivity contribution in [1.29, 1.82) is 0 Å². The third kappa shape index (κ3) is 5.25. The average molecular weight is 470 g/mol. The van der Waals surface area contributed by atoms with Crippen LogP contribution < -0.4 is 4.31 Å². The highest BCUT2D eigenvalue weighted by molar-refractivity contribution is 7.92. The normalized spacial score (nSPS) is 10.9. The van der Waals surface area contributed by atoms with Gasteiger partial charge in [0.1, 0.15) is 0 Å². The van der Waals surface area contributed by atoms with E-state index >= 15 is 0 Å². The summed E-state index contributed by atoms with van der Waals surface area (Å²) in [5, 5.41) is 0.0103. The van der Waals surface area contributed by atoms with Crippen LogP contribution in [0.25, 0.3) is 0 Å². The van der Waals surface area contributed by atoms with E-state index in [1.54, 1.807) is 60.7 Å². The van der Waals surface area contributed by atoms with Crippen molar-refractivity contribution >= 4 is 39.1 Å². The number of Topliss-reactive ketones (excluding diaryl/α,β-unsaturated/α-hetero) is 1. The van der Waals surface area contributed by atoms with E-state index in [9.17, 15) is 18.0 Å². The first-order chi connectivity index (χ1) is 15.3.